The number of halogens is 3. The van der Waals surface area contributed by atoms with Gasteiger partial charge in [0.05, 0.1) is 26.3 Å². The van der Waals surface area contributed by atoms with Crippen LogP contribution in [-0.2, 0) is 24.9 Å². The number of hydrogen-bond acceptors (Lipinski definition) is 9. The molecule has 0 saturated carbocycles. The SMILES string of the molecule is COc1ccc(C(=O)Cn2c(=O)c3c(nc(N4CCNCC4)n3CC=C(C)C)n(C)c2=O)c(OC)c1.O=C(O)C(F)(F)F. The zero-order chi connectivity index (χ0) is 32.1. The maximum Gasteiger partial charge on any atom is 0.490 e. The van der Waals surface area contributed by atoms with E-state index in [1.54, 1.807) is 25.2 Å². The molecule has 2 aromatic heterocycles. The maximum atomic E-state index is 13.7. The summed E-state index contributed by atoms with van der Waals surface area (Å²) < 4.78 is 46.4. The van der Waals surface area contributed by atoms with Crippen molar-refractivity contribution in [2.24, 2.45) is 7.05 Å². The van der Waals surface area contributed by atoms with Gasteiger partial charge in [0, 0.05) is 45.8 Å². The summed E-state index contributed by atoms with van der Waals surface area (Å²) in [5.41, 5.74) is 0.781. The summed E-state index contributed by atoms with van der Waals surface area (Å²) in [5, 5.41) is 10.4. The smallest absolute Gasteiger partial charge is 0.490 e. The van der Waals surface area contributed by atoms with Gasteiger partial charge in [0.2, 0.25) is 5.95 Å². The second-order valence-corrected chi connectivity index (χ2v) is 9.74. The lowest BCUT2D eigenvalue weighted by molar-refractivity contribution is -0.192. The van der Waals surface area contributed by atoms with Crippen molar-refractivity contribution >= 4 is 28.9 Å². The number of ether oxygens (including phenoxy) is 2. The van der Waals surface area contributed by atoms with Gasteiger partial charge in [-0.25, -0.2) is 9.59 Å². The number of carbonyl (C=O) groups excluding carboxylic acids is 1. The number of aromatic nitrogens is 4. The molecule has 0 radical (unpaired) electrons. The Morgan fingerprint density at radius 2 is 1.72 bits per heavy atom. The van der Waals surface area contributed by atoms with Crippen LogP contribution in [0.4, 0.5) is 19.1 Å². The molecule has 1 aliphatic heterocycles. The Labute approximate surface area is 243 Å². The number of allylic oxidation sites excluding steroid dienone is 2. The highest BCUT2D eigenvalue weighted by Crippen LogP contribution is 2.25. The molecule has 0 spiro atoms. The molecular weight excluding hydrogens is 577 g/mol. The van der Waals surface area contributed by atoms with Crippen LogP contribution in [0.1, 0.15) is 24.2 Å². The molecule has 0 atom stereocenters. The second kappa shape index (κ2) is 13.6. The number of carboxylic acids is 1. The van der Waals surface area contributed by atoms with E-state index in [0.717, 1.165) is 36.3 Å². The summed E-state index contributed by atoms with van der Waals surface area (Å²) in [7, 11) is 4.53. The molecule has 0 aliphatic carbocycles. The summed E-state index contributed by atoms with van der Waals surface area (Å²) in [4.78, 5) is 55.9. The Hall–Kier alpha value is -4.60. The van der Waals surface area contributed by atoms with E-state index in [2.05, 4.69) is 10.2 Å². The summed E-state index contributed by atoms with van der Waals surface area (Å²) in [6, 6.07) is 4.79. The van der Waals surface area contributed by atoms with Crippen molar-refractivity contribution in [3.8, 4) is 11.5 Å². The Bertz CT molecular complexity index is 1650. The number of benzene rings is 1. The van der Waals surface area contributed by atoms with Gasteiger partial charge < -0.3 is 29.4 Å². The number of imidazole rings is 1. The normalized spacial score (nSPS) is 13.3. The average Bonchev–Trinajstić information content (AvgIpc) is 3.36. The van der Waals surface area contributed by atoms with E-state index < -0.39 is 35.7 Å². The number of aryl methyl sites for hydroxylation is 1. The third kappa shape index (κ3) is 7.43. The molecule has 0 unspecified atom stereocenters. The van der Waals surface area contributed by atoms with Gasteiger partial charge in [0.15, 0.2) is 16.9 Å². The number of piperazine rings is 1. The number of nitrogens with zero attached hydrogens (tertiary/aromatic N) is 5. The number of carbonyl (C=O) groups is 2. The first-order chi connectivity index (χ1) is 20.2. The Kier molecular flexibility index (Phi) is 10.4. The van der Waals surface area contributed by atoms with Crippen LogP contribution in [0.2, 0.25) is 0 Å². The van der Waals surface area contributed by atoms with Crippen LogP contribution in [0.25, 0.3) is 11.2 Å². The number of nitrogens with one attached hydrogen (secondary N) is 1. The number of carboxylic acid groups (broad SMARTS) is 1. The molecule has 1 fully saturated rings. The zero-order valence-electron chi connectivity index (χ0n) is 24.3. The van der Waals surface area contributed by atoms with Gasteiger partial charge in [-0.3, -0.25) is 18.7 Å². The number of hydrogen-bond donors (Lipinski definition) is 2. The van der Waals surface area contributed by atoms with E-state index in [1.807, 2.05) is 24.5 Å². The monoisotopic (exact) mass is 610 g/mol. The summed E-state index contributed by atoms with van der Waals surface area (Å²) >= 11 is 0. The van der Waals surface area contributed by atoms with Gasteiger partial charge in [-0.2, -0.15) is 18.2 Å². The minimum absolute atomic E-state index is 0.256. The molecule has 1 aliphatic rings. The van der Waals surface area contributed by atoms with Gasteiger partial charge in [0.25, 0.3) is 5.56 Å². The second-order valence-electron chi connectivity index (χ2n) is 9.74. The fraction of sp³-hybridized carbons (Fsp3) is 0.444. The van der Waals surface area contributed by atoms with Crippen LogP contribution in [-0.4, -0.2) is 82.1 Å². The molecule has 0 bridgehead atoms. The highest BCUT2D eigenvalue weighted by Gasteiger charge is 2.38. The fourth-order valence-electron chi connectivity index (χ4n) is 4.31. The third-order valence-electron chi connectivity index (χ3n) is 6.55. The number of anilines is 1. The minimum atomic E-state index is -5.08. The molecule has 234 valence electrons. The first kappa shape index (κ1) is 32.9. The molecule has 4 rings (SSSR count). The van der Waals surface area contributed by atoms with E-state index in [1.165, 1.54) is 18.8 Å². The first-order valence-electron chi connectivity index (χ1n) is 13.1. The molecule has 1 aromatic carbocycles. The maximum absolute atomic E-state index is 13.7. The van der Waals surface area contributed by atoms with Gasteiger partial charge in [-0.1, -0.05) is 11.6 Å². The van der Waals surface area contributed by atoms with Crippen molar-refractivity contribution in [2.75, 3.05) is 45.3 Å². The largest absolute Gasteiger partial charge is 0.497 e. The molecule has 2 N–H and O–H groups in total. The van der Waals surface area contributed by atoms with Crippen molar-refractivity contribution in [1.29, 1.82) is 0 Å². The van der Waals surface area contributed by atoms with E-state index in [9.17, 15) is 27.6 Å². The Morgan fingerprint density at radius 1 is 1.09 bits per heavy atom. The van der Waals surface area contributed by atoms with Crippen molar-refractivity contribution in [3.05, 3.63) is 56.2 Å². The van der Waals surface area contributed by atoms with Gasteiger partial charge in [-0.05, 0) is 26.0 Å². The summed E-state index contributed by atoms with van der Waals surface area (Å²) in [6.07, 6.45) is -3.07. The lowest BCUT2D eigenvalue weighted by Crippen LogP contribution is -2.44. The number of ketones is 1. The first-order valence-corrected chi connectivity index (χ1v) is 13.1. The van der Waals surface area contributed by atoms with Gasteiger partial charge >= 0.3 is 17.8 Å². The highest BCUT2D eigenvalue weighted by atomic mass is 19.4. The number of Topliss-reactive ketones (excluding diaryl/α,β-unsaturated/α-hetero) is 1. The Balaban J connectivity index is 0.000000646. The van der Waals surface area contributed by atoms with Crippen molar-refractivity contribution in [3.63, 3.8) is 0 Å². The summed E-state index contributed by atoms with van der Waals surface area (Å²) in [6.45, 7) is 7.02. The molecule has 3 aromatic rings. The number of rotatable bonds is 8. The predicted molar refractivity (Wildman–Crippen MR) is 151 cm³/mol. The fourth-order valence-corrected chi connectivity index (χ4v) is 4.31. The molecule has 16 heteroatoms. The van der Waals surface area contributed by atoms with E-state index in [-0.39, 0.29) is 11.1 Å². The van der Waals surface area contributed by atoms with Crippen molar-refractivity contribution < 1.29 is 37.3 Å². The number of aliphatic carboxylic acids is 1. The topological polar surface area (TPSA) is 150 Å². The van der Waals surface area contributed by atoms with Crippen molar-refractivity contribution in [1.82, 2.24) is 24.0 Å². The molecule has 3 heterocycles. The molecule has 43 heavy (non-hydrogen) atoms. The summed E-state index contributed by atoms with van der Waals surface area (Å²) in [5.74, 6) is -1.71. The van der Waals surface area contributed by atoms with Crippen LogP contribution in [0.15, 0.2) is 39.4 Å². The number of alkyl halides is 3. The van der Waals surface area contributed by atoms with Crippen LogP contribution >= 0.6 is 0 Å². The standard InChI is InChI=1S/C25H32N6O5.C2HF3O2/c1-16(2)8-11-30-21-22(27-24(30)29-12-9-26-10-13-29)28(3)25(34)31(23(21)33)15-19(32)18-7-6-17(35-4)14-20(18)36-5;3-2(4,5)1(6)7/h6-8,14,26H,9-13,15H2,1-5H3;(H,6,7). The van der Waals surface area contributed by atoms with Crippen LogP contribution in [0, 0.1) is 0 Å². The van der Waals surface area contributed by atoms with E-state index in [0.29, 0.717) is 29.6 Å². The van der Waals surface area contributed by atoms with Gasteiger partial charge in [-0.15, -0.1) is 0 Å². The van der Waals surface area contributed by atoms with Gasteiger partial charge in [0.1, 0.15) is 11.5 Å². The lowest BCUT2D eigenvalue weighted by Gasteiger charge is -2.28. The Morgan fingerprint density at radius 3 is 2.26 bits per heavy atom. The minimum Gasteiger partial charge on any atom is -0.497 e. The molecule has 13 nitrogen and oxygen atoms in total. The van der Waals surface area contributed by atoms with Crippen LogP contribution < -0.4 is 30.9 Å². The predicted octanol–water partition coefficient (Wildman–Crippen LogP) is 1.81. The molecule has 1 saturated heterocycles. The zero-order valence-corrected chi connectivity index (χ0v) is 24.3. The van der Waals surface area contributed by atoms with E-state index in [4.69, 9.17) is 24.4 Å². The molecule has 0 amide bonds. The van der Waals surface area contributed by atoms with E-state index >= 15 is 0 Å². The lowest BCUT2D eigenvalue weighted by atomic mass is 10.1. The number of fused-ring (bicyclic) bond motifs is 1. The average molecular weight is 611 g/mol. The molecular formula is C27H33F3N6O7. The third-order valence-corrected chi connectivity index (χ3v) is 6.55. The highest BCUT2D eigenvalue weighted by molar-refractivity contribution is 5.98. The van der Waals surface area contributed by atoms with Crippen LogP contribution in [0.5, 0.6) is 11.5 Å². The van der Waals surface area contributed by atoms with Crippen molar-refractivity contribution in [2.45, 2.75) is 33.1 Å². The number of methoxy groups -OCH3 is 2. The quantitative estimate of drug-likeness (QED) is 0.286. The van der Waals surface area contributed by atoms with Crippen LogP contribution in [0.3, 0.4) is 0 Å².